The van der Waals surface area contributed by atoms with Gasteiger partial charge < -0.3 is 14.4 Å². The van der Waals surface area contributed by atoms with Crippen molar-refractivity contribution in [1.82, 2.24) is 14.8 Å². The van der Waals surface area contributed by atoms with Crippen molar-refractivity contribution in [3.63, 3.8) is 0 Å². The van der Waals surface area contributed by atoms with Crippen LogP contribution in [0.25, 0.3) is 5.52 Å². The molecule has 100 valence electrons. The first-order chi connectivity index (χ1) is 9.29. The second-order valence-corrected chi connectivity index (χ2v) is 4.25. The van der Waals surface area contributed by atoms with Crippen LogP contribution in [0.15, 0.2) is 18.3 Å². The molecule has 0 aromatic carbocycles. The molecule has 0 N–H and O–H groups in total. The third-order valence-electron chi connectivity index (χ3n) is 3.15. The minimum Gasteiger partial charge on any atom is -0.464 e. The van der Waals surface area contributed by atoms with Gasteiger partial charge in [0.2, 0.25) is 0 Å². The van der Waals surface area contributed by atoms with Crippen molar-refractivity contribution in [2.45, 2.75) is 0 Å². The number of ether oxygens (including phenoxy) is 2. The number of rotatable bonds is 2. The van der Waals surface area contributed by atoms with Crippen molar-refractivity contribution >= 4 is 17.2 Å². The topological polar surface area (TPSA) is 69.0 Å². The Bertz CT molecular complexity index is 604. The molecule has 1 aliphatic rings. The fourth-order valence-electron chi connectivity index (χ4n) is 2.13. The number of anilines is 1. The highest BCUT2D eigenvalue weighted by Gasteiger charge is 2.17. The molecule has 0 saturated carbocycles. The number of nitrogens with zero attached hydrogens (tertiary/aromatic N) is 4. The molecule has 0 radical (unpaired) electrons. The Morgan fingerprint density at radius 1 is 1.37 bits per heavy atom. The van der Waals surface area contributed by atoms with Gasteiger partial charge in [0.1, 0.15) is 5.52 Å². The predicted molar refractivity (Wildman–Crippen MR) is 67.4 cm³/mol. The van der Waals surface area contributed by atoms with Crippen LogP contribution in [0, 0.1) is 0 Å². The van der Waals surface area contributed by atoms with E-state index in [9.17, 15) is 4.79 Å². The van der Waals surface area contributed by atoms with Gasteiger partial charge in [0.25, 0.3) is 0 Å². The minimum absolute atomic E-state index is 0.232. The standard InChI is InChI=1S/C12H14N4O3/c1-18-12(17)11-10-3-2-9(8-16(10)14-13-11)15-4-6-19-7-5-15/h2-3,8H,4-7H2,1H3. The van der Waals surface area contributed by atoms with Gasteiger partial charge in [-0.1, -0.05) is 5.21 Å². The molecule has 2 aromatic rings. The summed E-state index contributed by atoms with van der Waals surface area (Å²) in [7, 11) is 1.33. The average Bonchev–Trinajstić information content (AvgIpc) is 2.90. The Kier molecular flexibility index (Phi) is 3.04. The molecule has 0 bridgehead atoms. The summed E-state index contributed by atoms with van der Waals surface area (Å²) < 4.78 is 11.6. The zero-order chi connectivity index (χ0) is 13.2. The zero-order valence-electron chi connectivity index (χ0n) is 10.6. The van der Waals surface area contributed by atoms with Crippen LogP contribution in [0.4, 0.5) is 5.69 Å². The molecule has 1 saturated heterocycles. The Balaban J connectivity index is 1.95. The normalized spacial score (nSPS) is 15.7. The Hall–Kier alpha value is -2.15. The Labute approximate surface area is 109 Å². The van der Waals surface area contributed by atoms with Crippen LogP contribution in [0.3, 0.4) is 0 Å². The molecular weight excluding hydrogens is 248 g/mol. The smallest absolute Gasteiger partial charge is 0.360 e. The maximum Gasteiger partial charge on any atom is 0.360 e. The van der Waals surface area contributed by atoms with Crippen LogP contribution in [0.1, 0.15) is 10.5 Å². The molecule has 0 unspecified atom stereocenters. The van der Waals surface area contributed by atoms with E-state index >= 15 is 0 Å². The first-order valence-corrected chi connectivity index (χ1v) is 6.05. The molecule has 3 heterocycles. The molecule has 1 fully saturated rings. The third-order valence-corrected chi connectivity index (χ3v) is 3.15. The van der Waals surface area contributed by atoms with Gasteiger partial charge in [0.15, 0.2) is 5.69 Å². The monoisotopic (exact) mass is 262 g/mol. The van der Waals surface area contributed by atoms with Gasteiger partial charge in [-0.25, -0.2) is 9.31 Å². The molecule has 0 amide bonds. The molecule has 0 aliphatic carbocycles. The van der Waals surface area contributed by atoms with E-state index in [1.54, 1.807) is 4.52 Å². The van der Waals surface area contributed by atoms with Gasteiger partial charge in [-0.2, -0.15) is 0 Å². The molecule has 0 spiro atoms. The number of aromatic nitrogens is 3. The van der Waals surface area contributed by atoms with Gasteiger partial charge in [0, 0.05) is 13.1 Å². The molecule has 19 heavy (non-hydrogen) atoms. The van der Waals surface area contributed by atoms with Crippen LogP contribution >= 0.6 is 0 Å². The van der Waals surface area contributed by atoms with Gasteiger partial charge in [-0.3, -0.25) is 0 Å². The number of hydrogen-bond donors (Lipinski definition) is 0. The maximum absolute atomic E-state index is 11.5. The Morgan fingerprint density at radius 2 is 2.16 bits per heavy atom. The highest BCUT2D eigenvalue weighted by molar-refractivity contribution is 5.94. The fourth-order valence-corrected chi connectivity index (χ4v) is 2.13. The van der Waals surface area contributed by atoms with E-state index in [1.807, 2.05) is 18.3 Å². The lowest BCUT2D eigenvalue weighted by Gasteiger charge is -2.28. The second kappa shape index (κ2) is 4.85. The van der Waals surface area contributed by atoms with Crippen LogP contribution in [-0.4, -0.2) is 54.2 Å². The lowest BCUT2D eigenvalue weighted by Crippen LogP contribution is -2.36. The van der Waals surface area contributed by atoms with Crippen molar-refractivity contribution < 1.29 is 14.3 Å². The Morgan fingerprint density at radius 3 is 2.89 bits per heavy atom. The van der Waals surface area contributed by atoms with E-state index in [2.05, 4.69) is 19.9 Å². The van der Waals surface area contributed by atoms with E-state index in [0.717, 1.165) is 32.0 Å². The van der Waals surface area contributed by atoms with E-state index in [1.165, 1.54) is 7.11 Å². The van der Waals surface area contributed by atoms with Gasteiger partial charge in [-0.15, -0.1) is 5.10 Å². The summed E-state index contributed by atoms with van der Waals surface area (Å²) in [5.41, 5.74) is 1.91. The SMILES string of the molecule is COC(=O)c1nnn2cc(N3CCOCC3)ccc12. The van der Waals surface area contributed by atoms with Gasteiger partial charge in [-0.05, 0) is 12.1 Å². The number of carbonyl (C=O) groups is 1. The molecule has 3 rings (SSSR count). The lowest BCUT2D eigenvalue weighted by atomic mass is 10.3. The van der Waals surface area contributed by atoms with E-state index < -0.39 is 5.97 Å². The number of hydrogen-bond acceptors (Lipinski definition) is 6. The summed E-state index contributed by atoms with van der Waals surface area (Å²) in [6.45, 7) is 3.15. The summed E-state index contributed by atoms with van der Waals surface area (Å²) in [6, 6.07) is 3.79. The van der Waals surface area contributed by atoms with E-state index in [0.29, 0.717) is 5.52 Å². The summed E-state index contributed by atoms with van der Waals surface area (Å²) >= 11 is 0. The number of carbonyl (C=O) groups excluding carboxylic acids is 1. The number of methoxy groups -OCH3 is 1. The molecule has 1 aliphatic heterocycles. The number of pyridine rings is 1. The quantitative estimate of drug-likeness (QED) is 0.727. The lowest BCUT2D eigenvalue weighted by molar-refractivity contribution is 0.0596. The predicted octanol–water partition coefficient (Wildman–Crippen LogP) is 0.352. The molecule has 7 heteroatoms. The van der Waals surface area contributed by atoms with Gasteiger partial charge >= 0.3 is 5.97 Å². The zero-order valence-corrected chi connectivity index (χ0v) is 10.6. The van der Waals surface area contributed by atoms with Crippen LogP contribution in [0.2, 0.25) is 0 Å². The highest BCUT2D eigenvalue weighted by Crippen LogP contribution is 2.18. The first-order valence-electron chi connectivity index (χ1n) is 6.05. The summed E-state index contributed by atoms with van der Waals surface area (Å²) in [5.74, 6) is -0.478. The molecular formula is C12H14N4O3. The van der Waals surface area contributed by atoms with Crippen molar-refractivity contribution in [3.05, 3.63) is 24.0 Å². The number of morpholine rings is 1. The van der Waals surface area contributed by atoms with Crippen molar-refractivity contribution in [1.29, 1.82) is 0 Å². The number of esters is 1. The first kappa shape index (κ1) is 11.9. The minimum atomic E-state index is -0.478. The van der Waals surface area contributed by atoms with Crippen LogP contribution in [0.5, 0.6) is 0 Å². The molecule has 2 aromatic heterocycles. The number of fused-ring (bicyclic) bond motifs is 1. The van der Waals surface area contributed by atoms with Crippen LogP contribution < -0.4 is 4.90 Å². The summed E-state index contributed by atoms with van der Waals surface area (Å²) in [4.78, 5) is 13.7. The van der Waals surface area contributed by atoms with E-state index in [-0.39, 0.29) is 5.69 Å². The average molecular weight is 262 g/mol. The second-order valence-electron chi connectivity index (χ2n) is 4.25. The van der Waals surface area contributed by atoms with Crippen LogP contribution in [-0.2, 0) is 9.47 Å². The molecule has 7 nitrogen and oxygen atoms in total. The van der Waals surface area contributed by atoms with Crippen molar-refractivity contribution in [2.24, 2.45) is 0 Å². The van der Waals surface area contributed by atoms with Gasteiger partial charge in [0.05, 0.1) is 32.2 Å². The maximum atomic E-state index is 11.5. The highest BCUT2D eigenvalue weighted by atomic mass is 16.5. The van der Waals surface area contributed by atoms with E-state index in [4.69, 9.17) is 4.74 Å². The third kappa shape index (κ3) is 2.12. The summed E-state index contributed by atoms with van der Waals surface area (Å²) in [6.07, 6.45) is 1.86. The van der Waals surface area contributed by atoms with Crippen molar-refractivity contribution in [2.75, 3.05) is 38.3 Å². The largest absolute Gasteiger partial charge is 0.464 e. The van der Waals surface area contributed by atoms with Crippen molar-refractivity contribution in [3.8, 4) is 0 Å². The summed E-state index contributed by atoms with van der Waals surface area (Å²) in [5, 5.41) is 7.80. The fraction of sp³-hybridized carbons (Fsp3) is 0.417. The molecule has 0 atom stereocenters.